The van der Waals surface area contributed by atoms with Crippen LogP contribution in [0.1, 0.15) is 11.6 Å². The third kappa shape index (κ3) is 2.95. The number of hydrogen-bond acceptors (Lipinski definition) is 7. The van der Waals surface area contributed by atoms with Gasteiger partial charge in [0.1, 0.15) is 6.04 Å². The summed E-state index contributed by atoms with van der Waals surface area (Å²) < 4.78 is 4.83. The van der Waals surface area contributed by atoms with Crippen molar-refractivity contribution in [3.8, 4) is 0 Å². The van der Waals surface area contributed by atoms with Gasteiger partial charge in [-0.25, -0.2) is 4.90 Å². The number of carbonyl (C=O) groups is 3. The van der Waals surface area contributed by atoms with Crippen LogP contribution in [0.4, 0.5) is 11.4 Å². The number of esters is 1. The second-order valence-electron chi connectivity index (χ2n) is 6.89. The van der Waals surface area contributed by atoms with E-state index in [-0.39, 0.29) is 5.69 Å². The maximum atomic E-state index is 13.2. The Balaban J connectivity index is 1.75. The fourth-order valence-electron chi connectivity index (χ4n) is 4.09. The number of nitro groups is 1. The normalized spacial score (nSPS) is 25.8. The summed E-state index contributed by atoms with van der Waals surface area (Å²) in [6.45, 7) is 0. The van der Waals surface area contributed by atoms with E-state index in [4.69, 9.17) is 4.74 Å². The van der Waals surface area contributed by atoms with Gasteiger partial charge < -0.3 is 4.74 Å². The Morgan fingerprint density at radius 2 is 1.66 bits per heavy atom. The molecule has 4 rings (SSSR count). The number of fused-ring (bicyclic) bond motifs is 1. The number of carbonyl (C=O) groups excluding carboxylic acids is 3. The zero-order valence-electron chi connectivity index (χ0n) is 15.3. The van der Waals surface area contributed by atoms with E-state index in [1.165, 1.54) is 31.4 Å². The summed E-state index contributed by atoms with van der Waals surface area (Å²) in [4.78, 5) is 50.1. The smallest absolute Gasteiger partial charge is 0.323 e. The van der Waals surface area contributed by atoms with Crippen molar-refractivity contribution in [3.63, 3.8) is 0 Å². The lowest BCUT2D eigenvalue weighted by molar-refractivity contribution is -0.384. The van der Waals surface area contributed by atoms with Crippen molar-refractivity contribution in [2.24, 2.45) is 11.8 Å². The Morgan fingerprint density at radius 3 is 2.24 bits per heavy atom. The zero-order chi connectivity index (χ0) is 20.7. The minimum absolute atomic E-state index is 0.0902. The maximum Gasteiger partial charge on any atom is 0.323 e. The van der Waals surface area contributed by atoms with Crippen LogP contribution in [0.2, 0.25) is 0 Å². The summed E-state index contributed by atoms with van der Waals surface area (Å²) in [6, 6.07) is 12.6. The molecule has 0 bridgehead atoms. The number of para-hydroxylation sites is 1. The van der Waals surface area contributed by atoms with Crippen LogP contribution >= 0.6 is 0 Å². The molecule has 4 atom stereocenters. The van der Waals surface area contributed by atoms with Gasteiger partial charge in [0.15, 0.2) is 0 Å². The van der Waals surface area contributed by atoms with Gasteiger partial charge in [-0.2, -0.15) is 0 Å². The standard InChI is InChI=1S/C20H17N3O6/c1-29-20(26)17-15-14(16(21-17)11-7-9-13(10-8-11)23(27)28)18(24)22(19(15)25)12-5-3-2-4-6-12/h2-10,14-17,21H,1H3/t14-,15+,16+,17+/m0/s1. The monoisotopic (exact) mass is 395 g/mol. The molecule has 0 radical (unpaired) electrons. The van der Waals surface area contributed by atoms with Gasteiger partial charge in [-0.1, -0.05) is 30.3 Å². The highest BCUT2D eigenvalue weighted by Crippen LogP contribution is 2.45. The Hall–Kier alpha value is -3.59. The highest BCUT2D eigenvalue weighted by molar-refractivity contribution is 6.23. The number of imide groups is 1. The first-order chi connectivity index (χ1) is 13.9. The number of nitrogens with one attached hydrogen (secondary N) is 1. The Morgan fingerprint density at radius 1 is 1.03 bits per heavy atom. The first kappa shape index (κ1) is 18.8. The third-order valence-electron chi connectivity index (χ3n) is 5.41. The minimum atomic E-state index is -0.990. The van der Waals surface area contributed by atoms with Crippen molar-refractivity contribution in [2.45, 2.75) is 12.1 Å². The molecule has 9 heteroatoms. The highest BCUT2D eigenvalue weighted by Gasteiger charge is 2.61. The fourth-order valence-corrected chi connectivity index (χ4v) is 4.09. The molecular formula is C20H17N3O6. The molecule has 1 N–H and O–H groups in total. The van der Waals surface area contributed by atoms with Crippen molar-refractivity contribution in [1.29, 1.82) is 0 Å². The molecule has 2 heterocycles. The largest absolute Gasteiger partial charge is 0.468 e. The fraction of sp³-hybridized carbons (Fsp3) is 0.250. The molecule has 148 valence electrons. The Bertz CT molecular complexity index is 991. The molecule has 0 aliphatic carbocycles. The highest BCUT2D eigenvalue weighted by atomic mass is 16.6. The lowest BCUT2D eigenvalue weighted by Crippen LogP contribution is -2.43. The molecule has 2 aromatic rings. The average molecular weight is 395 g/mol. The molecular weight excluding hydrogens is 378 g/mol. The van der Waals surface area contributed by atoms with Gasteiger partial charge in [-0.15, -0.1) is 0 Å². The molecule has 0 spiro atoms. The molecule has 2 saturated heterocycles. The number of anilines is 1. The maximum absolute atomic E-state index is 13.2. The summed E-state index contributed by atoms with van der Waals surface area (Å²) in [5, 5.41) is 13.9. The van der Waals surface area contributed by atoms with Gasteiger partial charge in [0.2, 0.25) is 11.8 Å². The van der Waals surface area contributed by atoms with Gasteiger partial charge in [0, 0.05) is 18.2 Å². The van der Waals surface area contributed by atoms with Crippen LogP contribution in [-0.2, 0) is 19.1 Å². The lowest BCUT2D eigenvalue weighted by atomic mass is 9.86. The number of ether oxygens (including phenoxy) is 1. The first-order valence-electron chi connectivity index (χ1n) is 8.95. The zero-order valence-corrected chi connectivity index (χ0v) is 15.3. The number of benzene rings is 2. The summed E-state index contributed by atoms with van der Waals surface area (Å²) in [5.41, 5.74) is 0.920. The number of nitro benzene ring substituents is 1. The average Bonchev–Trinajstić information content (AvgIpc) is 3.25. The Kier molecular flexibility index (Phi) is 4.59. The first-order valence-corrected chi connectivity index (χ1v) is 8.95. The molecule has 2 aliphatic rings. The van der Waals surface area contributed by atoms with Gasteiger partial charge >= 0.3 is 5.97 Å². The summed E-state index contributed by atoms with van der Waals surface area (Å²) in [6.07, 6.45) is 0. The van der Waals surface area contributed by atoms with Crippen LogP contribution in [0, 0.1) is 22.0 Å². The molecule has 0 saturated carbocycles. The van der Waals surface area contributed by atoms with Gasteiger partial charge in [-0.05, 0) is 17.7 Å². The van der Waals surface area contributed by atoms with Gasteiger partial charge in [0.05, 0.1) is 29.6 Å². The molecule has 2 aromatic carbocycles. The molecule has 2 aliphatic heterocycles. The van der Waals surface area contributed by atoms with Gasteiger partial charge in [0.25, 0.3) is 5.69 Å². The molecule has 29 heavy (non-hydrogen) atoms. The van der Waals surface area contributed by atoms with E-state index < -0.39 is 46.6 Å². The second-order valence-corrected chi connectivity index (χ2v) is 6.89. The predicted octanol–water partition coefficient (Wildman–Crippen LogP) is 1.59. The SMILES string of the molecule is COC(=O)[C@@H]1N[C@H](c2ccc([N+](=O)[O-])cc2)[C@H]2C(=O)N(c3ccccc3)C(=O)[C@H]21. The predicted molar refractivity (Wildman–Crippen MR) is 101 cm³/mol. The van der Waals surface area contributed by atoms with Crippen LogP contribution < -0.4 is 10.2 Å². The van der Waals surface area contributed by atoms with E-state index in [1.807, 2.05) is 0 Å². The molecule has 0 unspecified atom stereocenters. The molecule has 9 nitrogen and oxygen atoms in total. The minimum Gasteiger partial charge on any atom is -0.468 e. The number of non-ortho nitro benzene ring substituents is 1. The van der Waals surface area contributed by atoms with E-state index >= 15 is 0 Å². The van der Waals surface area contributed by atoms with Crippen molar-refractivity contribution in [3.05, 3.63) is 70.3 Å². The topological polar surface area (TPSA) is 119 Å². The van der Waals surface area contributed by atoms with Crippen LogP contribution in [-0.4, -0.2) is 35.9 Å². The number of rotatable bonds is 4. The van der Waals surface area contributed by atoms with E-state index in [1.54, 1.807) is 30.3 Å². The summed E-state index contributed by atoms with van der Waals surface area (Å²) in [5.74, 6) is -3.28. The van der Waals surface area contributed by atoms with Crippen LogP contribution in [0.3, 0.4) is 0 Å². The third-order valence-corrected chi connectivity index (χ3v) is 5.41. The van der Waals surface area contributed by atoms with E-state index in [0.717, 1.165) is 4.90 Å². The van der Waals surface area contributed by atoms with Crippen molar-refractivity contribution in [2.75, 3.05) is 12.0 Å². The van der Waals surface area contributed by atoms with E-state index in [2.05, 4.69) is 5.32 Å². The number of nitrogens with zero attached hydrogens (tertiary/aromatic N) is 2. The van der Waals surface area contributed by atoms with Crippen LogP contribution in [0.25, 0.3) is 0 Å². The Labute approximate surface area is 165 Å². The van der Waals surface area contributed by atoms with Crippen molar-refractivity contribution in [1.82, 2.24) is 5.32 Å². The lowest BCUT2D eigenvalue weighted by Gasteiger charge is -2.21. The number of amides is 2. The van der Waals surface area contributed by atoms with E-state index in [9.17, 15) is 24.5 Å². The van der Waals surface area contributed by atoms with Crippen LogP contribution in [0.5, 0.6) is 0 Å². The van der Waals surface area contributed by atoms with Crippen molar-refractivity contribution >= 4 is 29.2 Å². The van der Waals surface area contributed by atoms with Crippen LogP contribution in [0.15, 0.2) is 54.6 Å². The summed E-state index contributed by atoms with van der Waals surface area (Å²) in [7, 11) is 1.22. The number of methoxy groups -OCH3 is 1. The molecule has 2 fully saturated rings. The summed E-state index contributed by atoms with van der Waals surface area (Å²) >= 11 is 0. The molecule has 2 amide bonds. The van der Waals surface area contributed by atoms with Crippen molar-refractivity contribution < 1.29 is 24.0 Å². The second kappa shape index (κ2) is 7.10. The van der Waals surface area contributed by atoms with Gasteiger partial charge in [-0.3, -0.25) is 29.8 Å². The van der Waals surface area contributed by atoms with E-state index in [0.29, 0.717) is 11.3 Å². The number of hydrogen-bond donors (Lipinski definition) is 1. The quantitative estimate of drug-likeness (QED) is 0.361. The molecule has 0 aromatic heterocycles.